The first kappa shape index (κ1) is 16.2. The highest BCUT2D eigenvalue weighted by molar-refractivity contribution is 5.78. The quantitative estimate of drug-likeness (QED) is 0.850. The smallest absolute Gasteiger partial charge is 0.260 e. The van der Waals surface area contributed by atoms with E-state index in [1.54, 1.807) is 24.1 Å². The minimum absolute atomic E-state index is 0.0153. The molecule has 126 valence electrons. The number of hydrogen-bond acceptors (Lipinski definition) is 4. The molecule has 1 aromatic rings. The Morgan fingerprint density at radius 3 is 3.00 bits per heavy atom. The maximum atomic E-state index is 13.5. The highest BCUT2D eigenvalue weighted by Crippen LogP contribution is 2.36. The number of hydrogen-bond donors (Lipinski definition) is 0. The molecule has 6 heteroatoms. The molecule has 1 amide bonds. The van der Waals surface area contributed by atoms with Crippen LogP contribution in [0.5, 0.6) is 5.75 Å². The fourth-order valence-electron chi connectivity index (χ4n) is 3.48. The van der Waals surface area contributed by atoms with Crippen molar-refractivity contribution in [2.24, 2.45) is 0 Å². The third-order valence-corrected chi connectivity index (χ3v) is 4.67. The molecule has 3 rings (SSSR count). The van der Waals surface area contributed by atoms with Crippen LogP contribution in [0.4, 0.5) is 4.39 Å². The summed E-state index contributed by atoms with van der Waals surface area (Å²) in [5.74, 6) is -0.522. The van der Waals surface area contributed by atoms with Gasteiger partial charge < -0.3 is 19.1 Å². The largest absolute Gasteiger partial charge is 0.481 e. The molecule has 0 N–H and O–H groups in total. The second-order valence-corrected chi connectivity index (χ2v) is 6.06. The second kappa shape index (κ2) is 6.84. The first-order valence-electron chi connectivity index (χ1n) is 7.96. The molecule has 2 heterocycles. The molecule has 2 saturated heterocycles. The lowest BCUT2D eigenvalue weighted by Crippen LogP contribution is -2.59. The molecule has 0 bridgehead atoms. The number of benzene rings is 1. The number of ether oxygens (including phenoxy) is 3. The van der Waals surface area contributed by atoms with Crippen LogP contribution in [0, 0.1) is 5.82 Å². The number of para-hydroxylation sites is 1. The van der Waals surface area contributed by atoms with Gasteiger partial charge in [-0.2, -0.15) is 0 Å². The van der Waals surface area contributed by atoms with E-state index in [4.69, 9.17) is 14.2 Å². The zero-order chi connectivity index (χ0) is 16.3. The van der Waals surface area contributed by atoms with Crippen LogP contribution in [-0.2, 0) is 14.3 Å². The molecule has 2 atom stereocenters. The molecular formula is C17H22FNO4. The van der Waals surface area contributed by atoms with Gasteiger partial charge in [0.1, 0.15) is 5.60 Å². The minimum atomic E-state index is -0.464. The lowest BCUT2D eigenvalue weighted by molar-refractivity contribution is -0.162. The van der Waals surface area contributed by atoms with Crippen LogP contribution in [0.3, 0.4) is 0 Å². The fourth-order valence-corrected chi connectivity index (χ4v) is 3.48. The second-order valence-electron chi connectivity index (χ2n) is 6.06. The summed E-state index contributed by atoms with van der Waals surface area (Å²) in [7, 11) is 1.69. The van der Waals surface area contributed by atoms with Crippen molar-refractivity contribution in [2.75, 3.05) is 33.4 Å². The van der Waals surface area contributed by atoms with Gasteiger partial charge in [-0.1, -0.05) is 12.1 Å². The molecule has 2 aliphatic heterocycles. The molecule has 23 heavy (non-hydrogen) atoms. The molecule has 0 aliphatic carbocycles. The standard InChI is InChI=1S/C17H22FNO4/c1-21-15-7-9-19(12-17(15)8-4-10-23-17)16(20)11-22-14-6-3-2-5-13(14)18/h2-3,5-6,15H,4,7-12H2,1H3/t15-,17-/m0/s1. The number of amides is 1. The van der Waals surface area contributed by atoms with Gasteiger partial charge in [-0.15, -0.1) is 0 Å². The summed E-state index contributed by atoms with van der Waals surface area (Å²) in [6.45, 7) is 1.64. The number of carbonyl (C=O) groups excluding carboxylic acids is 1. The Morgan fingerprint density at radius 1 is 1.48 bits per heavy atom. The molecule has 1 spiro atoms. The molecule has 0 radical (unpaired) electrons. The van der Waals surface area contributed by atoms with Gasteiger partial charge >= 0.3 is 0 Å². The van der Waals surface area contributed by atoms with E-state index in [9.17, 15) is 9.18 Å². The summed E-state index contributed by atoms with van der Waals surface area (Å²) in [6, 6.07) is 6.08. The molecule has 0 saturated carbocycles. The summed E-state index contributed by atoms with van der Waals surface area (Å²) >= 11 is 0. The minimum Gasteiger partial charge on any atom is -0.481 e. The number of carbonyl (C=O) groups is 1. The number of piperidine rings is 1. The number of halogens is 1. The predicted molar refractivity (Wildman–Crippen MR) is 81.8 cm³/mol. The van der Waals surface area contributed by atoms with Crippen molar-refractivity contribution in [1.82, 2.24) is 4.90 Å². The van der Waals surface area contributed by atoms with Crippen LogP contribution in [-0.4, -0.2) is 55.9 Å². The Hall–Kier alpha value is -1.66. The Labute approximate surface area is 135 Å². The highest BCUT2D eigenvalue weighted by atomic mass is 19.1. The van der Waals surface area contributed by atoms with Gasteiger partial charge in [0.15, 0.2) is 18.2 Å². The lowest BCUT2D eigenvalue weighted by atomic mass is 9.87. The number of methoxy groups -OCH3 is 1. The van der Waals surface area contributed by atoms with E-state index in [1.165, 1.54) is 12.1 Å². The topological polar surface area (TPSA) is 48.0 Å². The Morgan fingerprint density at radius 2 is 2.30 bits per heavy atom. The van der Waals surface area contributed by atoms with Crippen molar-refractivity contribution in [3.05, 3.63) is 30.1 Å². The van der Waals surface area contributed by atoms with Gasteiger partial charge in [0.25, 0.3) is 5.91 Å². The molecule has 2 fully saturated rings. The van der Waals surface area contributed by atoms with Crippen LogP contribution in [0.1, 0.15) is 19.3 Å². The monoisotopic (exact) mass is 323 g/mol. The first-order valence-corrected chi connectivity index (χ1v) is 7.96. The molecule has 5 nitrogen and oxygen atoms in total. The Bertz CT molecular complexity index is 559. The van der Waals surface area contributed by atoms with Gasteiger partial charge in [0.05, 0.1) is 12.6 Å². The van der Waals surface area contributed by atoms with Crippen LogP contribution in [0.15, 0.2) is 24.3 Å². The molecule has 1 aromatic carbocycles. The van der Waals surface area contributed by atoms with Crippen molar-refractivity contribution in [3.63, 3.8) is 0 Å². The fraction of sp³-hybridized carbons (Fsp3) is 0.588. The van der Waals surface area contributed by atoms with Gasteiger partial charge in [-0.25, -0.2) is 4.39 Å². The summed E-state index contributed by atoms with van der Waals surface area (Å²) in [6.07, 6.45) is 2.63. The van der Waals surface area contributed by atoms with Gasteiger partial charge in [0, 0.05) is 20.3 Å². The van der Waals surface area contributed by atoms with E-state index < -0.39 is 11.4 Å². The zero-order valence-electron chi connectivity index (χ0n) is 13.3. The number of nitrogens with zero attached hydrogens (tertiary/aromatic N) is 1. The Kier molecular flexibility index (Phi) is 4.82. The third-order valence-electron chi connectivity index (χ3n) is 4.67. The molecule has 2 aliphatic rings. The summed E-state index contributed by atoms with van der Waals surface area (Å²) in [5, 5.41) is 0. The van der Waals surface area contributed by atoms with Crippen molar-refractivity contribution >= 4 is 5.91 Å². The van der Waals surface area contributed by atoms with E-state index in [-0.39, 0.29) is 24.4 Å². The van der Waals surface area contributed by atoms with Crippen molar-refractivity contribution in [2.45, 2.75) is 31.0 Å². The highest BCUT2D eigenvalue weighted by Gasteiger charge is 2.48. The van der Waals surface area contributed by atoms with Crippen molar-refractivity contribution in [3.8, 4) is 5.75 Å². The van der Waals surface area contributed by atoms with E-state index in [2.05, 4.69) is 0 Å². The maximum Gasteiger partial charge on any atom is 0.260 e. The van der Waals surface area contributed by atoms with Gasteiger partial charge in [-0.3, -0.25) is 4.79 Å². The van der Waals surface area contributed by atoms with Gasteiger partial charge in [0.2, 0.25) is 0 Å². The molecular weight excluding hydrogens is 301 g/mol. The third kappa shape index (κ3) is 3.33. The van der Waals surface area contributed by atoms with E-state index >= 15 is 0 Å². The maximum absolute atomic E-state index is 13.5. The van der Waals surface area contributed by atoms with E-state index in [1.807, 2.05) is 0 Å². The number of rotatable bonds is 4. The molecule has 0 unspecified atom stereocenters. The van der Waals surface area contributed by atoms with Gasteiger partial charge in [-0.05, 0) is 31.4 Å². The average Bonchev–Trinajstić information content (AvgIpc) is 3.02. The van der Waals surface area contributed by atoms with Crippen LogP contribution in [0.25, 0.3) is 0 Å². The summed E-state index contributed by atoms with van der Waals surface area (Å²) in [4.78, 5) is 14.1. The van der Waals surface area contributed by atoms with Crippen molar-refractivity contribution < 1.29 is 23.4 Å². The van der Waals surface area contributed by atoms with Crippen LogP contribution < -0.4 is 4.74 Å². The first-order chi connectivity index (χ1) is 11.1. The van der Waals surface area contributed by atoms with Crippen LogP contribution >= 0.6 is 0 Å². The van der Waals surface area contributed by atoms with Crippen LogP contribution in [0.2, 0.25) is 0 Å². The van der Waals surface area contributed by atoms with E-state index in [0.29, 0.717) is 19.7 Å². The molecule has 0 aromatic heterocycles. The summed E-state index contributed by atoms with van der Waals surface area (Å²) in [5.41, 5.74) is -0.402. The Balaban J connectivity index is 1.61. The predicted octanol–water partition coefficient (Wildman–Crippen LogP) is 2.00. The number of likely N-dealkylation sites (tertiary alicyclic amines) is 1. The normalized spacial score (nSPS) is 27.4. The lowest BCUT2D eigenvalue weighted by Gasteiger charge is -2.44. The summed E-state index contributed by atoms with van der Waals surface area (Å²) < 4.78 is 30.3. The zero-order valence-corrected chi connectivity index (χ0v) is 13.3. The van der Waals surface area contributed by atoms with E-state index in [0.717, 1.165) is 19.3 Å². The van der Waals surface area contributed by atoms with Crippen molar-refractivity contribution in [1.29, 1.82) is 0 Å². The average molecular weight is 323 g/mol. The SMILES string of the molecule is CO[C@H]1CCN(C(=O)COc2ccccc2F)C[C@@]12CCCO2.